The van der Waals surface area contributed by atoms with Gasteiger partial charge in [0.05, 0.1) is 5.56 Å². The lowest BCUT2D eigenvalue weighted by Crippen LogP contribution is -2.42. The first-order chi connectivity index (χ1) is 10.8. The van der Waals surface area contributed by atoms with Gasteiger partial charge in [-0.15, -0.1) is 0 Å². The molecule has 1 aromatic heterocycles. The fourth-order valence-corrected chi connectivity index (χ4v) is 3.44. The van der Waals surface area contributed by atoms with E-state index in [-0.39, 0.29) is 28.4 Å². The quantitative estimate of drug-likeness (QED) is 0.906. The van der Waals surface area contributed by atoms with Gasteiger partial charge in [0.25, 0.3) is 15.9 Å². The Morgan fingerprint density at radius 2 is 1.96 bits per heavy atom. The number of hydrogen-bond donors (Lipinski definition) is 1. The molecule has 1 atom stereocenters. The van der Waals surface area contributed by atoms with Crippen LogP contribution in [-0.2, 0) is 23.0 Å². The Balaban J connectivity index is 1.94. The number of primary sulfonamides is 1. The molecule has 0 fully saturated rings. The van der Waals surface area contributed by atoms with E-state index in [0.717, 1.165) is 12.0 Å². The second-order valence-corrected chi connectivity index (χ2v) is 7.33. The summed E-state index contributed by atoms with van der Waals surface area (Å²) >= 11 is 0. The molecule has 0 bridgehead atoms. The SMILES string of the molecule is Cc1oc(S(N)(=O)=O)cc1C(=O)N1Cc2ccccc2CC1C. The molecule has 122 valence electrons. The minimum Gasteiger partial charge on any atom is -0.448 e. The van der Waals surface area contributed by atoms with Crippen molar-refractivity contribution in [3.63, 3.8) is 0 Å². The Bertz CT molecular complexity index is 870. The van der Waals surface area contributed by atoms with Crippen LogP contribution in [0.1, 0.15) is 34.2 Å². The number of fused-ring (bicyclic) bond motifs is 1. The van der Waals surface area contributed by atoms with Crippen molar-refractivity contribution in [2.45, 2.75) is 37.9 Å². The summed E-state index contributed by atoms with van der Waals surface area (Å²) in [6.45, 7) is 4.03. The first-order valence-corrected chi connectivity index (χ1v) is 8.83. The molecule has 6 nitrogen and oxygen atoms in total. The van der Waals surface area contributed by atoms with Crippen molar-refractivity contribution >= 4 is 15.9 Å². The second-order valence-electron chi connectivity index (χ2n) is 5.84. The third-order valence-electron chi connectivity index (χ3n) is 4.17. The van der Waals surface area contributed by atoms with Crippen molar-refractivity contribution in [3.05, 3.63) is 52.8 Å². The third kappa shape index (κ3) is 2.89. The monoisotopic (exact) mass is 334 g/mol. The van der Waals surface area contributed by atoms with Crippen LogP contribution in [0.25, 0.3) is 0 Å². The van der Waals surface area contributed by atoms with E-state index in [1.54, 1.807) is 11.8 Å². The van der Waals surface area contributed by atoms with Gasteiger partial charge in [0, 0.05) is 18.7 Å². The van der Waals surface area contributed by atoms with E-state index in [1.165, 1.54) is 11.6 Å². The predicted octanol–water partition coefficient (Wildman–Crippen LogP) is 1.82. The molecule has 1 aliphatic heterocycles. The Morgan fingerprint density at radius 3 is 2.57 bits per heavy atom. The van der Waals surface area contributed by atoms with E-state index >= 15 is 0 Å². The number of carbonyl (C=O) groups is 1. The van der Waals surface area contributed by atoms with Gasteiger partial charge in [0.2, 0.25) is 5.09 Å². The summed E-state index contributed by atoms with van der Waals surface area (Å²) in [4.78, 5) is 14.5. The molecule has 1 aromatic carbocycles. The minimum atomic E-state index is -3.97. The van der Waals surface area contributed by atoms with Gasteiger partial charge in [-0.05, 0) is 31.4 Å². The van der Waals surface area contributed by atoms with E-state index in [2.05, 4.69) is 6.07 Å². The van der Waals surface area contributed by atoms with Gasteiger partial charge in [0.15, 0.2) is 0 Å². The lowest BCUT2D eigenvalue weighted by atomic mass is 9.94. The fourth-order valence-electron chi connectivity index (χ4n) is 2.91. The normalized spacial score (nSPS) is 17.9. The van der Waals surface area contributed by atoms with Gasteiger partial charge in [-0.3, -0.25) is 4.79 Å². The maximum atomic E-state index is 12.8. The van der Waals surface area contributed by atoms with Crippen molar-refractivity contribution in [1.82, 2.24) is 4.90 Å². The number of nitrogens with zero attached hydrogens (tertiary/aromatic N) is 1. The Hall–Kier alpha value is -2.12. The van der Waals surface area contributed by atoms with Gasteiger partial charge >= 0.3 is 0 Å². The van der Waals surface area contributed by atoms with Crippen LogP contribution in [-0.4, -0.2) is 25.3 Å². The maximum Gasteiger partial charge on any atom is 0.271 e. The molecule has 7 heteroatoms. The molecule has 0 radical (unpaired) electrons. The van der Waals surface area contributed by atoms with Crippen molar-refractivity contribution in [2.75, 3.05) is 0 Å². The topological polar surface area (TPSA) is 93.6 Å². The van der Waals surface area contributed by atoms with Crippen LogP contribution < -0.4 is 5.14 Å². The standard InChI is InChI=1S/C16H18N2O4S/c1-10-7-12-5-3-4-6-13(12)9-18(10)16(19)14-8-15(22-11(14)2)23(17,20)21/h3-6,8,10H,7,9H2,1-2H3,(H2,17,20,21). The van der Waals surface area contributed by atoms with Crippen LogP contribution >= 0.6 is 0 Å². The highest BCUT2D eigenvalue weighted by atomic mass is 32.2. The van der Waals surface area contributed by atoms with E-state index in [1.807, 2.05) is 25.1 Å². The van der Waals surface area contributed by atoms with E-state index in [4.69, 9.17) is 9.56 Å². The number of furan rings is 1. The zero-order chi connectivity index (χ0) is 16.8. The maximum absolute atomic E-state index is 12.8. The Kier molecular flexibility index (Phi) is 3.77. The molecule has 2 aromatic rings. The van der Waals surface area contributed by atoms with Gasteiger partial charge in [0.1, 0.15) is 5.76 Å². The predicted molar refractivity (Wildman–Crippen MR) is 84.3 cm³/mol. The van der Waals surface area contributed by atoms with Crippen LogP contribution in [0.4, 0.5) is 0 Å². The summed E-state index contributed by atoms with van der Waals surface area (Å²) in [5.41, 5.74) is 2.57. The number of sulfonamides is 1. The average Bonchev–Trinajstić information content (AvgIpc) is 2.88. The highest BCUT2D eigenvalue weighted by molar-refractivity contribution is 7.89. The molecule has 0 spiro atoms. The van der Waals surface area contributed by atoms with Gasteiger partial charge in [-0.25, -0.2) is 13.6 Å². The number of nitrogens with two attached hydrogens (primary N) is 1. The number of carbonyl (C=O) groups excluding carboxylic acids is 1. The molecule has 1 unspecified atom stereocenters. The number of rotatable bonds is 2. The molecular formula is C16H18N2O4S. The molecule has 0 saturated carbocycles. The smallest absolute Gasteiger partial charge is 0.271 e. The summed E-state index contributed by atoms with van der Waals surface area (Å²) in [6, 6.07) is 9.22. The zero-order valence-electron chi connectivity index (χ0n) is 12.9. The van der Waals surface area contributed by atoms with E-state index in [9.17, 15) is 13.2 Å². The molecule has 1 amide bonds. The van der Waals surface area contributed by atoms with Crippen molar-refractivity contribution < 1.29 is 17.6 Å². The van der Waals surface area contributed by atoms with Crippen molar-refractivity contribution in [3.8, 4) is 0 Å². The average molecular weight is 334 g/mol. The molecule has 0 saturated heterocycles. The van der Waals surface area contributed by atoms with Crippen molar-refractivity contribution in [1.29, 1.82) is 0 Å². The van der Waals surface area contributed by atoms with Crippen LogP contribution in [0.3, 0.4) is 0 Å². The first-order valence-electron chi connectivity index (χ1n) is 7.28. The Labute approximate surface area is 134 Å². The Morgan fingerprint density at radius 1 is 1.30 bits per heavy atom. The largest absolute Gasteiger partial charge is 0.448 e. The van der Waals surface area contributed by atoms with Crippen LogP contribution in [0.15, 0.2) is 39.8 Å². The van der Waals surface area contributed by atoms with Gasteiger partial charge < -0.3 is 9.32 Å². The summed E-state index contributed by atoms with van der Waals surface area (Å²) in [7, 11) is -3.97. The first kappa shape index (κ1) is 15.8. The summed E-state index contributed by atoms with van der Waals surface area (Å²) in [5, 5.41) is 4.68. The van der Waals surface area contributed by atoms with Crippen molar-refractivity contribution in [2.24, 2.45) is 5.14 Å². The summed E-state index contributed by atoms with van der Waals surface area (Å²) in [6.07, 6.45) is 0.765. The van der Waals surface area contributed by atoms with Crippen LogP contribution in [0.5, 0.6) is 0 Å². The zero-order valence-corrected chi connectivity index (χ0v) is 13.8. The molecule has 2 N–H and O–H groups in total. The van der Waals surface area contributed by atoms with Gasteiger partial charge in [-0.1, -0.05) is 24.3 Å². The molecule has 23 heavy (non-hydrogen) atoms. The molecular weight excluding hydrogens is 316 g/mol. The van der Waals surface area contributed by atoms with Crippen LogP contribution in [0, 0.1) is 6.92 Å². The van der Waals surface area contributed by atoms with Crippen LogP contribution in [0.2, 0.25) is 0 Å². The number of aryl methyl sites for hydroxylation is 1. The van der Waals surface area contributed by atoms with E-state index < -0.39 is 10.0 Å². The molecule has 1 aliphatic rings. The third-order valence-corrected chi connectivity index (χ3v) is 4.94. The fraction of sp³-hybridized carbons (Fsp3) is 0.312. The molecule has 0 aliphatic carbocycles. The number of benzene rings is 1. The number of amides is 1. The number of hydrogen-bond acceptors (Lipinski definition) is 4. The molecule has 2 heterocycles. The lowest BCUT2D eigenvalue weighted by molar-refractivity contribution is 0.0656. The van der Waals surface area contributed by atoms with Gasteiger partial charge in [-0.2, -0.15) is 0 Å². The van der Waals surface area contributed by atoms with E-state index in [0.29, 0.717) is 6.54 Å². The second kappa shape index (κ2) is 5.50. The lowest BCUT2D eigenvalue weighted by Gasteiger charge is -2.34. The highest BCUT2D eigenvalue weighted by Crippen LogP contribution is 2.27. The summed E-state index contributed by atoms with van der Waals surface area (Å²) < 4.78 is 27.9. The highest BCUT2D eigenvalue weighted by Gasteiger charge is 2.30. The minimum absolute atomic E-state index is 0.0182. The molecule has 3 rings (SSSR count). The summed E-state index contributed by atoms with van der Waals surface area (Å²) in [5.74, 6) is 0.00763.